The second-order valence-corrected chi connectivity index (χ2v) is 4.67. The van der Waals surface area contributed by atoms with Crippen LogP contribution >= 0.6 is 0 Å². The number of aryl methyl sites for hydroxylation is 1. The number of nitrogens with zero attached hydrogens (tertiary/aromatic N) is 1. The maximum atomic E-state index is 11.8. The largest absolute Gasteiger partial charge is 0.337 e. The highest BCUT2D eigenvalue weighted by molar-refractivity contribution is 5.87. The molecule has 1 heterocycles. The third-order valence-corrected chi connectivity index (χ3v) is 3.36. The van der Waals surface area contributed by atoms with E-state index in [1.165, 1.54) is 16.6 Å². The second kappa shape index (κ2) is 3.48. The summed E-state index contributed by atoms with van der Waals surface area (Å²) in [4.78, 5) is 11.8. The van der Waals surface area contributed by atoms with Gasteiger partial charge in [-0.15, -0.1) is 0 Å². The molecule has 16 heavy (non-hydrogen) atoms. The first-order chi connectivity index (χ1) is 7.75. The first kappa shape index (κ1) is 9.64. The number of hydrogen-bond acceptors (Lipinski definition) is 1. The number of rotatable bonds is 3. The Labute approximate surface area is 94.9 Å². The van der Waals surface area contributed by atoms with Crippen LogP contribution < -0.4 is 0 Å². The molecule has 0 radical (unpaired) electrons. The lowest BCUT2D eigenvalue weighted by molar-refractivity contribution is -0.120. The van der Waals surface area contributed by atoms with E-state index >= 15 is 0 Å². The Morgan fingerprint density at radius 1 is 1.38 bits per heavy atom. The summed E-state index contributed by atoms with van der Waals surface area (Å²) in [7, 11) is 0. The molecule has 0 bridgehead atoms. The van der Waals surface area contributed by atoms with Crippen molar-refractivity contribution in [2.24, 2.45) is 5.92 Å². The van der Waals surface area contributed by atoms with Crippen LogP contribution in [0.25, 0.3) is 10.9 Å². The molecule has 3 rings (SSSR count). The van der Waals surface area contributed by atoms with Crippen LogP contribution in [-0.4, -0.2) is 10.4 Å². The molecule has 0 amide bonds. The molecular formula is C14H15NO. The van der Waals surface area contributed by atoms with Gasteiger partial charge >= 0.3 is 0 Å². The molecule has 1 aliphatic rings. The van der Waals surface area contributed by atoms with E-state index in [0.717, 1.165) is 12.8 Å². The lowest BCUT2D eigenvalue weighted by atomic mass is 10.2. The van der Waals surface area contributed by atoms with Gasteiger partial charge in [0.05, 0.1) is 6.54 Å². The minimum Gasteiger partial charge on any atom is -0.337 e. The van der Waals surface area contributed by atoms with E-state index in [4.69, 9.17) is 0 Å². The van der Waals surface area contributed by atoms with E-state index in [1.54, 1.807) is 0 Å². The molecule has 0 atom stereocenters. The maximum absolute atomic E-state index is 11.8. The van der Waals surface area contributed by atoms with Gasteiger partial charge in [-0.1, -0.05) is 18.2 Å². The van der Waals surface area contributed by atoms with Crippen LogP contribution in [0.3, 0.4) is 0 Å². The average molecular weight is 213 g/mol. The summed E-state index contributed by atoms with van der Waals surface area (Å²) >= 11 is 0. The molecule has 1 aromatic heterocycles. The number of benzene rings is 1. The van der Waals surface area contributed by atoms with E-state index in [1.807, 2.05) is 12.1 Å². The third kappa shape index (κ3) is 1.54. The number of Topliss-reactive ketones (excluding diaryl/α,β-unsaturated/α-hetero) is 1. The van der Waals surface area contributed by atoms with Gasteiger partial charge in [-0.05, 0) is 37.3 Å². The van der Waals surface area contributed by atoms with Crippen molar-refractivity contribution in [1.29, 1.82) is 0 Å². The van der Waals surface area contributed by atoms with Crippen LogP contribution in [0.4, 0.5) is 0 Å². The highest BCUT2D eigenvalue weighted by Crippen LogP contribution is 2.31. The van der Waals surface area contributed by atoms with Crippen LogP contribution in [-0.2, 0) is 11.3 Å². The molecule has 1 saturated carbocycles. The Balaban J connectivity index is 2.01. The normalized spacial score (nSPS) is 15.6. The maximum Gasteiger partial charge on any atom is 0.155 e. The van der Waals surface area contributed by atoms with Gasteiger partial charge < -0.3 is 4.57 Å². The molecule has 0 spiro atoms. The van der Waals surface area contributed by atoms with Gasteiger partial charge in [-0.3, -0.25) is 4.79 Å². The minimum absolute atomic E-state index is 0.348. The first-order valence-electron chi connectivity index (χ1n) is 5.83. The molecule has 2 aromatic rings. The van der Waals surface area contributed by atoms with Crippen LogP contribution in [0.2, 0.25) is 0 Å². The SMILES string of the molecule is Cc1cc2ccccc2n1CC(=O)C1CC1. The van der Waals surface area contributed by atoms with Gasteiger partial charge in [-0.2, -0.15) is 0 Å². The molecule has 0 unspecified atom stereocenters. The lowest BCUT2D eigenvalue weighted by Gasteiger charge is -2.06. The lowest BCUT2D eigenvalue weighted by Crippen LogP contribution is -2.12. The fourth-order valence-corrected chi connectivity index (χ4v) is 2.25. The molecule has 0 saturated heterocycles. The second-order valence-electron chi connectivity index (χ2n) is 4.67. The zero-order valence-electron chi connectivity index (χ0n) is 9.44. The Morgan fingerprint density at radius 3 is 2.88 bits per heavy atom. The van der Waals surface area contributed by atoms with Gasteiger partial charge in [0, 0.05) is 17.1 Å². The summed E-state index contributed by atoms with van der Waals surface area (Å²) in [6, 6.07) is 10.4. The summed E-state index contributed by atoms with van der Waals surface area (Å²) < 4.78 is 2.13. The van der Waals surface area contributed by atoms with E-state index < -0.39 is 0 Å². The highest BCUT2D eigenvalue weighted by atomic mass is 16.1. The Hall–Kier alpha value is -1.57. The van der Waals surface area contributed by atoms with Crippen molar-refractivity contribution >= 4 is 16.7 Å². The van der Waals surface area contributed by atoms with Gasteiger partial charge in [0.1, 0.15) is 0 Å². The highest BCUT2D eigenvalue weighted by Gasteiger charge is 2.29. The van der Waals surface area contributed by atoms with E-state index in [9.17, 15) is 4.79 Å². The van der Waals surface area contributed by atoms with Crippen molar-refractivity contribution in [2.75, 3.05) is 0 Å². The summed E-state index contributed by atoms with van der Waals surface area (Å²) in [6.07, 6.45) is 2.19. The van der Waals surface area contributed by atoms with Crippen LogP contribution in [0.1, 0.15) is 18.5 Å². The van der Waals surface area contributed by atoms with Crippen LogP contribution in [0.5, 0.6) is 0 Å². The van der Waals surface area contributed by atoms with E-state index in [-0.39, 0.29) is 0 Å². The molecule has 1 aromatic carbocycles. The first-order valence-corrected chi connectivity index (χ1v) is 5.83. The van der Waals surface area contributed by atoms with Gasteiger partial charge in [0.25, 0.3) is 0 Å². The zero-order chi connectivity index (χ0) is 11.1. The number of carbonyl (C=O) groups excluding carboxylic acids is 1. The molecular weight excluding hydrogens is 198 g/mol. The number of hydrogen-bond donors (Lipinski definition) is 0. The molecule has 0 aliphatic heterocycles. The van der Waals surface area contributed by atoms with E-state index in [2.05, 4.69) is 29.7 Å². The summed E-state index contributed by atoms with van der Waals surface area (Å²) in [5.41, 5.74) is 2.35. The standard InChI is InChI=1S/C14H15NO/c1-10-8-12-4-2-3-5-13(12)15(10)9-14(16)11-6-7-11/h2-5,8,11H,6-7,9H2,1H3. The average Bonchev–Trinajstić information content (AvgIpc) is 3.06. The van der Waals surface area contributed by atoms with Gasteiger partial charge in [0.15, 0.2) is 5.78 Å². The predicted molar refractivity (Wildman–Crippen MR) is 64.4 cm³/mol. The Morgan fingerprint density at radius 2 is 2.12 bits per heavy atom. The zero-order valence-corrected chi connectivity index (χ0v) is 9.44. The van der Waals surface area contributed by atoms with Crippen molar-refractivity contribution in [2.45, 2.75) is 26.3 Å². The van der Waals surface area contributed by atoms with Gasteiger partial charge in [0.2, 0.25) is 0 Å². The quantitative estimate of drug-likeness (QED) is 0.768. The van der Waals surface area contributed by atoms with Crippen molar-refractivity contribution in [1.82, 2.24) is 4.57 Å². The molecule has 0 N–H and O–H groups in total. The minimum atomic E-state index is 0.348. The molecule has 1 fully saturated rings. The number of fused-ring (bicyclic) bond motifs is 1. The topological polar surface area (TPSA) is 22.0 Å². The fraction of sp³-hybridized carbons (Fsp3) is 0.357. The van der Waals surface area contributed by atoms with Crippen molar-refractivity contribution in [3.63, 3.8) is 0 Å². The Bertz CT molecular complexity index is 549. The smallest absolute Gasteiger partial charge is 0.155 e. The summed E-state index contributed by atoms with van der Waals surface area (Å²) in [5.74, 6) is 0.741. The van der Waals surface area contributed by atoms with Crippen molar-refractivity contribution in [3.8, 4) is 0 Å². The molecule has 1 aliphatic carbocycles. The Kier molecular flexibility index (Phi) is 2.10. The number of aromatic nitrogens is 1. The third-order valence-electron chi connectivity index (χ3n) is 3.36. The number of para-hydroxylation sites is 1. The molecule has 82 valence electrons. The van der Waals surface area contributed by atoms with Crippen LogP contribution in [0, 0.1) is 12.8 Å². The molecule has 2 nitrogen and oxygen atoms in total. The predicted octanol–water partition coefficient (Wildman–Crippen LogP) is 2.93. The van der Waals surface area contributed by atoms with Crippen LogP contribution in [0.15, 0.2) is 30.3 Å². The van der Waals surface area contributed by atoms with Gasteiger partial charge in [-0.25, -0.2) is 0 Å². The molecule has 2 heteroatoms. The fourth-order valence-electron chi connectivity index (χ4n) is 2.25. The number of carbonyl (C=O) groups is 1. The van der Waals surface area contributed by atoms with Crippen molar-refractivity contribution in [3.05, 3.63) is 36.0 Å². The monoisotopic (exact) mass is 213 g/mol. The van der Waals surface area contributed by atoms with E-state index in [0.29, 0.717) is 18.2 Å². The summed E-state index contributed by atoms with van der Waals surface area (Å²) in [5, 5.41) is 1.23. The van der Waals surface area contributed by atoms with Crippen molar-refractivity contribution < 1.29 is 4.79 Å². The summed E-state index contributed by atoms with van der Waals surface area (Å²) in [6.45, 7) is 2.62. The number of ketones is 1.